The molecule has 1 saturated heterocycles. The second kappa shape index (κ2) is 10.6. The van der Waals surface area contributed by atoms with E-state index in [2.05, 4.69) is 39.7 Å². The fourth-order valence-electron chi connectivity index (χ4n) is 5.47. The molecule has 0 saturated carbocycles. The summed E-state index contributed by atoms with van der Waals surface area (Å²) in [6, 6.07) is 30.3. The van der Waals surface area contributed by atoms with Crippen molar-refractivity contribution in [2.45, 2.75) is 32.9 Å². The van der Waals surface area contributed by atoms with E-state index in [1.807, 2.05) is 79.7 Å². The van der Waals surface area contributed by atoms with Crippen molar-refractivity contribution in [3.05, 3.63) is 137 Å². The highest BCUT2D eigenvalue weighted by Gasteiger charge is 2.42. The molecule has 7 heteroatoms. The summed E-state index contributed by atoms with van der Waals surface area (Å²) in [5.41, 5.74) is 6.92. The summed E-state index contributed by atoms with van der Waals surface area (Å²) in [6.45, 7) is 6.16. The Morgan fingerprint density at radius 3 is 2.23 bits per heavy atom. The molecule has 2 atom stereocenters. The van der Waals surface area contributed by atoms with Gasteiger partial charge >= 0.3 is 0 Å². The van der Waals surface area contributed by atoms with Crippen molar-refractivity contribution in [1.29, 1.82) is 0 Å². The zero-order valence-electron chi connectivity index (χ0n) is 22.5. The largest absolute Gasteiger partial charge is 0.457 e. The van der Waals surface area contributed by atoms with Gasteiger partial charge in [0.2, 0.25) is 0 Å². The maximum atomic E-state index is 14.2. The number of halogens is 1. The first-order valence-corrected chi connectivity index (χ1v) is 13.6. The Morgan fingerprint density at radius 2 is 1.55 bits per heavy atom. The van der Waals surface area contributed by atoms with E-state index in [9.17, 15) is 4.39 Å². The van der Waals surface area contributed by atoms with Gasteiger partial charge in [0.1, 0.15) is 17.3 Å². The van der Waals surface area contributed by atoms with Crippen LogP contribution in [0, 0.1) is 26.6 Å². The van der Waals surface area contributed by atoms with Gasteiger partial charge < -0.3 is 19.5 Å². The van der Waals surface area contributed by atoms with Gasteiger partial charge in [-0.05, 0) is 111 Å². The van der Waals surface area contributed by atoms with Crippen LogP contribution in [0.2, 0.25) is 0 Å². The van der Waals surface area contributed by atoms with Gasteiger partial charge in [-0.3, -0.25) is 4.98 Å². The Kier molecular flexibility index (Phi) is 6.82. The van der Waals surface area contributed by atoms with Crippen LogP contribution in [0.15, 0.2) is 103 Å². The summed E-state index contributed by atoms with van der Waals surface area (Å²) in [7, 11) is 0. The highest BCUT2D eigenvalue weighted by molar-refractivity contribution is 7.80. The molecule has 1 fully saturated rings. The van der Waals surface area contributed by atoms with E-state index < -0.39 is 0 Å². The molecule has 0 radical (unpaired) electrons. The van der Waals surface area contributed by atoms with Gasteiger partial charge in [0.05, 0.1) is 17.8 Å². The van der Waals surface area contributed by atoms with Crippen molar-refractivity contribution in [1.82, 2.24) is 14.9 Å². The van der Waals surface area contributed by atoms with E-state index in [-0.39, 0.29) is 17.9 Å². The Balaban J connectivity index is 1.41. The first-order chi connectivity index (χ1) is 19.4. The lowest BCUT2D eigenvalue weighted by atomic mass is 9.96. The maximum absolute atomic E-state index is 14.2. The normalized spacial score (nSPS) is 16.7. The summed E-state index contributed by atoms with van der Waals surface area (Å²) >= 11 is 5.92. The van der Waals surface area contributed by atoms with Crippen LogP contribution >= 0.6 is 12.2 Å². The van der Waals surface area contributed by atoms with Crippen LogP contribution < -0.4 is 15.0 Å². The van der Waals surface area contributed by atoms with Crippen molar-refractivity contribution in [2.75, 3.05) is 4.90 Å². The summed E-state index contributed by atoms with van der Waals surface area (Å²) in [5.74, 6) is 1.26. The molecule has 0 spiro atoms. The number of benzene rings is 3. The zero-order valence-corrected chi connectivity index (χ0v) is 23.3. The van der Waals surface area contributed by atoms with Gasteiger partial charge in [-0.15, -0.1) is 0 Å². The van der Waals surface area contributed by atoms with Crippen LogP contribution in [0.25, 0.3) is 5.69 Å². The molecule has 0 unspecified atom stereocenters. The monoisotopic (exact) mass is 548 g/mol. The van der Waals surface area contributed by atoms with Crippen molar-refractivity contribution in [3.8, 4) is 17.2 Å². The van der Waals surface area contributed by atoms with Crippen molar-refractivity contribution < 1.29 is 9.13 Å². The Bertz CT molecular complexity index is 1670. The zero-order chi connectivity index (χ0) is 27.8. The third kappa shape index (κ3) is 4.84. The maximum Gasteiger partial charge on any atom is 0.174 e. The molecule has 1 N–H and O–H groups in total. The number of nitrogens with one attached hydrogen (secondary N) is 1. The van der Waals surface area contributed by atoms with Crippen LogP contribution in [0.4, 0.5) is 10.1 Å². The number of aromatic nitrogens is 2. The first kappa shape index (κ1) is 25.8. The number of hydrogen-bond donors (Lipinski definition) is 1. The topological polar surface area (TPSA) is 42.3 Å². The van der Waals surface area contributed by atoms with Crippen molar-refractivity contribution >= 4 is 23.0 Å². The molecule has 6 rings (SSSR count). The predicted molar refractivity (Wildman–Crippen MR) is 161 cm³/mol. The lowest BCUT2D eigenvalue weighted by Crippen LogP contribution is -2.29. The van der Waals surface area contributed by atoms with Crippen LogP contribution in [-0.2, 0) is 0 Å². The smallest absolute Gasteiger partial charge is 0.174 e. The van der Waals surface area contributed by atoms with Crippen molar-refractivity contribution in [3.63, 3.8) is 0 Å². The lowest BCUT2D eigenvalue weighted by molar-refractivity contribution is 0.482. The molecule has 3 heterocycles. The van der Waals surface area contributed by atoms with Gasteiger partial charge in [-0.2, -0.15) is 0 Å². The summed E-state index contributed by atoms with van der Waals surface area (Å²) in [4.78, 5) is 6.81. The Morgan fingerprint density at radius 1 is 0.825 bits per heavy atom. The number of hydrogen-bond acceptors (Lipinski definition) is 3. The molecule has 5 aromatic rings. The number of ether oxygens (including phenoxy) is 1. The van der Waals surface area contributed by atoms with E-state index in [1.165, 1.54) is 11.6 Å². The van der Waals surface area contributed by atoms with Gasteiger partial charge in [0.25, 0.3) is 0 Å². The molecular weight excluding hydrogens is 519 g/mol. The minimum atomic E-state index is -0.267. The molecule has 1 aliphatic rings. The van der Waals surface area contributed by atoms with Gasteiger partial charge in [0, 0.05) is 29.0 Å². The lowest BCUT2D eigenvalue weighted by Gasteiger charge is -2.28. The highest BCUT2D eigenvalue weighted by Crippen LogP contribution is 2.44. The van der Waals surface area contributed by atoms with E-state index in [0.717, 1.165) is 45.5 Å². The van der Waals surface area contributed by atoms with Gasteiger partial charge in [0.15, 0.2) is 5.11 Å². The highest BCUT2D eigenvalue weighted by atomic mass is 32.1. The quantitative estimate of drug-likeness (QED) is 0.219. The summed E-state index contributed by atoms with van der Waals surface area (Å²) in [5, 5.41) is 4.14. The Labute approximate surface area is 238 Å². The third-order valence-electron chi connectivity index (χ3n) is 7.32. The number of rotatable bonds is 6. The average molecular weight is 549 g/mol. The predicted octanol–water partition coefficient (Wildman–Crippen LogP) is 7.91. The van der Waals surface area contributed by atoms with Crippen LogP contribution in [0.3, 0.4) is 0 Å². The minimum absolute atomic E-state index is 0.181. The van der Waals surface area contributed by atoms with Crippen LogP contribution in [0.1, 0.15) is 40.3 Å². The van der Waals surface area contributed by atoms with Crippen LogP contribution in [0.5, 0.6) is 11.5 Å². The first-order valence-electron chi connectivity index (χ1n) is 13.2. The fraction of sp³-hybridized carbons (Fsp3) is 0.152. The van der Waals surface area contributed by atoms with E-state index in [0.29, 0.717) is 5.11 Å². The Hall–Kier alpha value is -4.49. The molecule has 2 aromatic heterocycles. The molecule has 0 bridgehead atoms. The fourth-order valence-corrected chi connectivity index (χ4v) is 5.81. The second-order valence-corrected chi connectivity index (χ2v) is 10.4. The SMILES string of the molecule is Cc1ccc(Oc2ccc(N3C(=S)N[C@H](c4ccccn4)[C@H]3c3cc(C)n(-c4cccc(F)c4)c3C)cc2)cc1. The molecule has 3 aromatic carbocycles. The van der Waals surface area contributed by atoms with Gasteiger partial charge in [-0.25, -0.2) is 4.39 Å². The summed E-state index contributed by atoms with van der Waals surface area (Å²) < 4.78 is 22.3. The molecule has 5 nitrogen and oxygen atoms in total. The number of aryl methyl sites for hydroxylation is 2. The number of pyridine rings is 1. The van der Waals surface area contributed by atoms with Gasteiger partial charge in [-0.1, -0.05) is 29.8 Å². The van der Waals surface area contributed by atoms with E-state index >= 15 is 0 Å². The molecule has 0 amide bonds. The van der Waals surface area contributed by atoms with E-state index in [1.54, 1.807) is 18.3 Å². The molecule has 40 heavy (non-hydrogen) atoms. The number of anilines is 1. The standard InChI is InChI=1S/C33H29FN4OS/c1-21-10-14-27(15-11-21)39-28-16-12-25(13-17-28)38-32(31(36-33(38)40)30-9-4-5-18-35-30)29-19-22(2)37(23(29)3)26-8-6-7-24(34)20-26/h4-20,31-32H,1-3H3,(H,36,40)/t31-,32-/m1/s1. The van der Waals surface area contributed by atoms with Crippen molar-refractivity contribution in [2.24, 2.45) is 0 Å². The van der Waals surface area contributed by atoms with Crippen LogP contribution in [-0.4, -0.2) is 14.7 Å². The number of thiocarbonyl (C=S) groups is 1. The number of nitrogens with zero attached hydrogens (tertiary/aromatic N) is 3. The third-order valence-corrected chi connectivity index (χ3v) is 7.64. The molecule has 1 aliphatic heterocycles. The second-order valence-electron chi connectivity index (χ2n) is 10.0. The molecular formula is C33H29FN4OS. The molecule has 0 aliphatic carbocycles. The molecule has 200 valence electrons. The average Bonchev–Trinajstić information content (AvgIpc) is 3.45. The summed E-state index contributed by atoms with van der Waals surface area (Å²) in [6.07, 6.45) is 1.80. The minimum Gasteiger partial charge on any atom is -0.457 e. The van der Waals surface area contributed by atoms with E-state index in [4.69, 9.17) is 17.0 Å².